The van der Waals surface area contributed by atoms with E-state index in [0.717, 1.165) is 36.3 Å². The van der Waals surface area contributed by atoms with Crippen LogP contribution in [0.2, 0.25) is 0 Å². The molecule has 11 heteroatoms. The summed E-state index contributed by atoms with van der Waals surface area (Å²) in [5, 5.41) is 2.60. The average molecular weight is 463 g/mol. The Labute approximate surface area is 185 Å². The lowest BCUT2D eigenvalue weighted by molar-refractivity contribution is 0.209. The van der Waals surface area contributed by atoms with Crippen LogP contribution in [0.5, 0.6) is 0 Å². The van der Waals surface area contributed by atoms with Crippen molar-refractivity contribution in [2.24, 2.45) is 0 Å². The van der Waals surface area contributed by atoms with Gasteiger partial charge in [-0.25, -0.2) is 22.7 Å². The van der Waals surface area contributed by atoms with Crippen LogP contribution in [-0.2, 0) is 10.0 Å². The number of piperazine rings is 1. The van der Waals surface area contributed by atoms with Crippen LogP contribution in [0, 0.1) is 0 Å². The Kier molecular flexibility index (Phi) is 5.86. The first-order valence-electron chi connectivity index (χ1n) is 10.1. The third kappa shape index (κ3) is 3.98. The number of hydrogen-bond donors (Lipinski definition) is 0. The van der Waals surface area contributed by atoms with Crippen LogP contribution in [0.25, 0.3) is 16.2 Å². The molecule has 9 nitrogen and oxygen atoms in total. The maximum atomic E-state index is 13.1. The fourth-order valence-corrected chi connectivity index (χ4v) is 5.27. The highest BCUT2D eigenvalue weighted by atomic mass is 32.2. The van der Waals surface area contributed by atoms with Gasteiger partial charge in [0, 0.05) is 64.1 Å². The fourth-order valence-electron chi connectivity index (χ4n) is 3.67. The van der Waals surface area contributed by atoms with E-state index in [1.54, 1.807) is 28.3 Å². The van der Waals surface area contributed by atoms with Crippen LogP contribution < -0.4 is 10.3 Å². The highest BCUT2D eigenvalue weighted by Gasteiger charge is 2.26. The topological polar surface area (TPSA) is 91.6 Å². The van der Waals surface area contributed by atoms with Gasteiger partial charge in [-0.1, -0.05) is 0 Å². The number of thiazole rings is 1. The Bertz CT molecular complexity index is 1240. The molecule has 1 fully saturated rings. The monoisotopic (exact) mass is 462 g/mol. The standard InChI is InChI=1S/C20H26N6O3S2/c1-14(2)24-8-10-25(11-9-24)17-6-5-15-18(27)16(31(28,29)23(3)4)13-26(19(15)22-17)20-21-7-12-30-20/h5-7,12-14H,8-11H2,1-4H3. The summed E-state index contributed by atoms with van der Waals surface area (Å²) in [7, 11) is -1.11. The number of sulfonamides is 1. The summed E-state index contributed by atoms with van der Waals surface area (Å²) in [4.78, 5) is 26.5. The van der Waals surface area contributed by atoms with Crippen LogP contribution in [-0.4, -0.2) is 78.5 Å². The Hall–Kier alpha value is -2.34. The van der Waals surface area contributed by atoms with E-state index in [9.17, 15) is 13.2 Å². The predicted octanol–water partition coefficient (Wildman–Crippen LogP) is 1.62. The molecule has 0 amide bonds. The average Bonchev–Trinajstić information content (AvgIpc) is 3.28. The molecule has 0 aromatic carbocycles. The molecular weight excluding hydrogens is 436 g/mol. The van der Waals surface area contributed by atoms with E-state index in [0.29, 0.717) is 16.8 Å². The lowest BCUT2D eigenvalue weighted by Crippen LogP contribution is -2.49. The minimum Gasteiger partial charge on any atom is -0.354 e. The van der Waals surface area contributed by atoms with E-state index < -0.39 is 15.5 Å². The molecule has 1 saturated heterocycles. The summed E-state index contributed by atoms with van der Waals surface area (Å²) in [5.41, 5.74) is -0.151. The van der Waals surface area contributed by atoms with Gasteiger partial charge < -0.3 is 4.90 Å². The quantitative estimate of drug-likeness (QED) is 0.569. The van der Waals surface area contributed by atoms with Crippen molar-refractivity contribution in [3.05, 3.63) is 40.1 Å². The van der Waals surface area contributed by atoms with Gasteiger partial charge in [0.2, 0.25) is 15.5 Å². The summed E-state index contributed by atoms with van der Waals surface area (Å²) in [6, 6.07) is 3.97. The number of fused-ring (bicyclic) bond motifs is 1. The second-order valence-corrected chi connectivity index (χ2v) is 10.9. The van der Waals surface area contributed by atoms with E-state index in [1.807, 2.05) is 0 Å². The molecule has 0 atom stereocenters. The van der Waals surface area contributed by atoms with Crippen molar-refractivity contribution in [3.63, 3.8) is 0 Å². The number of anilines is 1. The zero-order valence-electron chi connectivity index (χ0n) is 18.0. The molecule has 166 valence electrons. The van der Waals surface area contributed by atoms with Crippen LogP contribution in [0.15, 0.2) is 39.6 Å². The minimum atomic E-state index is -3.92. The molecule has 0 bridgehead atoms. The van der Waals surface area contributed by atoms with Crippen molar-refractivity contribution < 1.29 is 8.42 Å². The molecule has 1 aliphatic rings. The molecule has 4 rings (SSSR count). The van der Waals surface area contributed by atoms with E-state index in [4.69, 9.17) is 4.98 Å². The van der Waals surface area contributed by atoms with E-state index in [2.05, 4.69) is 28.6 Å². The van der Waals surface area contributed by atoms with Gasteiger partial charge in [-0.2, -0.15) is 0 Å². The molecule has 31 heavy (non-hydrogen) atoms. The van der Waals surface area contributed by atoms with Crippen molar-refractivity contribution >= 4 is 38.2 Å². The molecular formula is C20H26N6O3S2. The zero-order valence-corrected chi connectivity index (χ0v) is 19.7. The van der Waals surface area contributed by atoms with Crippen molar-refractivity contribution in [3.8, 4) is 5.13 Å². The molecule has 0 aliphatic carbocycles. The first-order chi connectivity index (χ1) is 14.7. The third-order valence-corrected chi connectivity index (χ3v) is 8.13. The van der Waals surface area contributed by atoms with Gasteiger partial charge >= 0.3 is 0 Å². The second-order valence-electron chi connectivity index (χ2n) is 7.95. The van der Waals surface area contributed by atoms with Gasteiger partial charge in [0.25, 0.3) is 0 Å². The molecule has 3 aromatic rings. The third-order valence-electron chi connectivity index (χ3n) is 5.56. The summed E-state index contributed by atoms with van der Waals surface area (Å²) < 4.78 is 28.2. The van der Waals surface area contributed by atoms with E-state index >= 15 is 0 Å². The first-order valence-corrected chi connectivity index (χ1v) is 12.4. The highest BCUT2D eigenvalue weighted by molar-refractivity contribution is 7.89. The van der Waals surface area contributed by atoms with Crippen molar-refractivity contribution in [2.45, 2.75) is 24.8 Å². The summed E-state index contributed by atoms with van der Waals surface area (Å²) in [5.74, 6) is 0.767. The van der Waals surface area contributed by atoms with Gasteiger partial charge in [0.1, 0.15) is 10.7 Å². The lowest BCUT2D eigenvalue weighted by atomic mass is 10.2. The second kappa shape index (κ2) is 8.30. The number of nitrogens with zero attached hydrogens (tertiary/aromatic N) is 6. The van der Waals surface area contributed by atoms with Gasteiger partial charge in [-0.05, 0) is 26.0 Å². The largest absolute Gasteiger partial charge is 0.354 e. The van der Waals surface area contributed by atoms with E-state index in [1.165, 1.54) is 31.6 Å². The van der Waals surface area contributed by atoms with Gasteiger partial charge in [0.15, 0.2) is 10.8 Å². The van der Waals surface area contributed by atoms with Crippen molar-refractivity contribution in [1.82, 2.24) is 23.7 Å². The van der Waals surface area contributed by atoms with Gasteiger partial charge in [-0.3, -0.25) is 14.3 Å². The molecule has 0 unspecified atom stereocenters. The van der Waals surface area contributed by atoms with Gasteiger partial charge in [0.05, 0.1) is 5.39 Å². The number of aromatic nitrogens is 3. The normalized spacial score (nSPS) is 16.0. The first kappa shape index (κ1) is 21.9. The smallest absolute Gasteiger partial charge is 0.247 e. The number of rotatable bonds is 5. The predicted molar refractivity (Wildman–Crippen MR) is 123 cm³/mol. The molecule has 0 spiro atoms. The summed E-state index contributed by atoms with van der Waals surface area (Å²) in [6.45, 7) is 7.94. The molecule has 1 aliphatic heterocycles. The van der Waals surface area contributed by atoms with Crippen molar-refractivity contribution in [1.29, 1.82) is 0 Å². The highest BCUT2D eigenvalue weighted by Crippen LogP contribution is 2.24. The number of pyridine rings is 2. The van der Waals surface area contributed by atoms with Gasteiger partial charge in [-0.15, -0.1) is 11.3 Å². The Balaban J connectivity index is 1.86. The molecule has 0 radical (unpaired) electrons. The minimum absolute atomic E-state index is 0.252. The maximum Gasteiger partial charge on any atom is 0.247 e. The Morgan fingerprint density at radius 1 is 1.13 bits per heavy atom. The Morgan fingerprint density at radius 2 is 1.84 bits per heavy atom. The molecule has 3 aromatic heterocycles. The zero-order chi connectivity index (χ0) is 22.3. The molecule has 4 heterocycles. The SMILES string of the molecule is CC(C)N1CCN(c2ccc3c(=O)c(S(=O)(=O)N(C)C)cn(-c4nccs4)c3n2)CC1. The molecule has 0 saturated carbocycles. The van der Waals surface area contributed by atoms with Crippen LogP contribution >= 0.6 is 11.3 Å². The van der Waals surface area contributed by atoms with Crippen LogP contribution in [0.3, 0.4) is 0 Å². The maximum absolute atomic E-state index is 13.1. The van der Waals surface area contributed by atoms with E-state index in [-0.39, 0.29) is 10.3 Å². The summed E-state index contributed by atoms with van der Waals surface area (Å²) >= 11 is 1.35. The van der Waals surface area contributed by atoms with Crippen LogP contribution in [0.1, 0.15) is 13.8 Å². The van der Waals surface area contributed by atoms with Crippen LogP contribution in [0.4, 0.5) is 5.82 Å². The lowest BCUT2D eigenvalue weighted by Gasteiger charge is -2.37. The van der Waals surface area contributed by atoms with Crippen molar-refractivity contribution in [2.75, 3.05) is 45.2 Å². The Morgan fingerprint density at radius 3 is 2.42 bits per heavy atom. The fraction of sp³-hybridized carbons (Fsp3) is 0.450. The molecule has 0 N–H and O–H groups in total. The number of hydrogen-bond acceptors (Lipinski definition) is 8. The summed E-state index contributed by atoms with van der Waals surface area (Å²) in [6.07, 6.45) is 2.98.